The lowest BCUT2D eigenvalue weighted by Gasteiger charge is -2.23. The van der Waals surface area contributed by atoms with Gasteiger partial charge in [0.1, 0.15) is 11.6 Å². The van der Waals surface area contributed by atoms with Gasteiger partial charge in [-0.3, -0.25) is 0 Å². The Morgan fingerprint density at radius 2 is 0.688 bits per heavy atom. The monoisotopic (exact) mass is 612 g/mol. The summed E-state index contributed by atoms with van der Waals surface area (Å²) in [5.74, 6) is 0. The van der Waals surface area contributed by atoms with Gasteiger partial charge in [0.25, 0.3) is 0 Å². The fourth-order valence-electron chi connectivity index (χ4n) is 8.07. The third kappa shape index (κ3) is 3.48. The number of nitriles is 1. The van der Waals surface area contributed by atoms with E-state index in [1.54, 1.807) is 0 Å². The summed E-state index contributed by atoms with van der Waals surface area (Å²) >= 11 is 0. The van der Waals surface area contributed by atoms with Crippen LogP contribution >= 0.6 is 0 Å². The van der Waals surface area contributed by atoms with Crippen molar-refractivity contribution in [1.29, 1.82) is 5.26 Å². The molecule has 0 fully saturated rings. The zero-order valence-corrected chi connectivity index (χ0v) is 26.2. The molecule has 0 saturated heterocycles. The molecule has 0 amide bonds. The van der Waals surface area contributed by atoms with E-state index in [0.29, 0.717) is 5.56 Å². The van der Waals surface area contributed by atoms with Gasteiger partial charge in [0, 0.05) is 32.3 Å². The van der Waals surface area contributed by atoms with Gasteiger partial charge in [0.05, 0.1) is 50.2 Å². The van der Waals surface area contributed by atoms with Crippen LogP contribution in [-0.4, -0.2) is 13.7 Å². The number of aryl methyl sites for hydroxylation is 1. The third-order valence-corrected chi connectivity index (χ3v) is 9.98. The number of fused-ring (bicyclic) bond motifs is 9. The van der Waals surface area contributed by atoms with E-state index < -0.39 is 0 Å². The molecule has 0 aliphatic carbocycles. The first-order valence-electron chi connectivity index (χ1n) is 16.3. The van der Waals surface area contributed by atoms with Gasteiger partial charge in [-0.1, -0.05) is 109 Å². The van der Waals surface area contributed by atoms with Crippen molar-refractivity contribution in [3.8, 4) is 23.1 Å². The molecule has 224 valence electrons. The molecule has 3 aromatic heterocycles. The van der Waals surface area contributed by atoms with Crippen LogP contribution in [0, 0.1) is 18.3 Å². The highest BCUT2D eigenvalue weighted by atomic mass is 15.1. The summed E-state index contributed by atoms with van der Waals surface area (Å²) < 4.78 is 6.98. The van der Waals surface area contributed by atoms with Gasteiger partial charge >= 0.3 is 0 Å². The summed E-state index contributed by atoms with van der Waals surface area (Å²) in [6.07, 6.45) is 0. The highest BCUT2D eigenvalue weighted by Gasteiger charge is 2.27. The van der Waals surface area contributed by atoms with Gasteiger partial charge in [0.2, 0.25) is 0 Å². The Morgan fingerprint density at radius 3 is 1.02 bits per heavy atom. The molecule has 3 heterocycles. The Balaban J connectivity index is 1.47. The fraction of sp³-hybridized carbons (Fsp3) is 0.0227. The van der Waals surface area contributed by atoms with Crippen molar-refractivity contribution in [3.05, 3.63) is 163 Å². The molecule has 0 aliphatic heterocycles. The third-order valence-electron chi connectivity index (χ3n) is 9.98. The van der Waals surface area contributed by atoms with E-state index in [0.717, 1.165) is 66.5 Å². The molecule has 4 heteroatoms. The molecule has 0 N–H and O–H groups in total. The van der Waals surface area contributed by atoms with Crippen molar-refractivity contribution >= 4 is 65.4 Å². The summed E-state index contributed by atoms with van der Waals surface area (Å²) in [5, 5.41) is 18.5. The second-order valence-electron chi connectivity index (χ2n) is 12.5. The van der Waals surface area contributed by atoms with E-state index in [2.05, 4.69) is 178 Å². The summed E-state index contributed by atoms with van der Waals surface area (Å²) in [4.78, 5) is 0. The normalized spacial score (nSPS) is 11.8. The van der Waals surface area contributed by atoms with E-state index >= 15 is 0 Å². The highest BCUT2D eigenvalue weighted by molar-refractivity contribution is 6.13. The van der Waals surface area contributed by atoms with Crippen molar-refractivity contribution in [3.63, 3.8) is 0 Å². The minimum Gasteiger partial charge on any atom is -0.308 e. The number of aromatic nitrogens is 3. The molecule has 0 unspecified atom stereocenters. The minimum absolute atomic E-state index is 0.621. The molecule has 48 heavy (non-hydrogen) atoms. The second-order valence-corrected chi connectivity index (χ2v) is 12.5. The smallest absolute Gasteiger partial charge is 0.104 e. The summed E-state index contributed by atoms with van der Waals surface area (Å²) in [6, 6.07) is 56.3. The topological polar surface area (TPSA) is 38.6 Å². The van der Waals surface area contributed by atoms with Gasteiger partial charge < -0.3 is 13.7 Å². The lowest BCUT2D eigenvalue weighted by atomic mass is 10.0. The number of rotatable bonds is 3. The minimum atomic E-state index is 0.621. The SMILES string of the molecule is Cc1cc(-n2c3ccccc3c3ccccc32)c(C#N)c(-n2c3ccccc3c3ccccc32)c1-n1c2ccccc2c2ccccc21. The van der Waals surface area contributed by atoms with Crippen LogP contribution in [0.2, 0.25) is 0 Å². The fourth-order valence-corrected chi connectivity index (χ4v) is 8.07. The van der Waals surface area contributed by atoms with Crippen molar-refractivity contribution in [2.45, 2.75) is 6.92 Å². The maximum Gasteiger partial charge on any atom is 0.104 e. The first-order chi connectivity index (χ1) is 23.7. The first-order valence-corrected chi connectivity index (χ1v) is 16.3. The first kappa shape index (κ1) is 26.6. The molecular weight excluding hydrogens is 585 g/mol. The van der Waals surface area contributed by atoms with Crippen LogP contribution in [0.25, 0.3) is 82.5 Å². The van der Waals surface area contributed by atoms with Crippen molar-refractivity contribution < 1.29 is 0 Å². The molecule has 0 radical (unpaired) electrons. The molecule has 7 aromatic carbocycles. The van der Waals surface area contributed by atoms with Crippen LogP contribution in [0.5, 0.6) is 0 Å². The van der Waals surface area contributed by atoms with Crippen LogP contribution in [0.3, 0.4) is 0 Å². The summed E-state index contributed by atoms with van der Waals surface area (Å²) in [7, 11) is 0. The Kier molecular flexibility index (Phi) is 5.53. The van der Waals surface area contributed by atoms with Gasteiger partial charge in [-0.25, -0.2) is 0 Å². The number of nitrogens with zero attached hydrogens (tertiary/aromatic N) is 4. The Hall–Kier alpha value is -6.57. The Bertz CT molecular complexity index is 2820. The molecule has 0 spiro atoms. The van der Waals surface area contributed by atoms with E-state index in [1.165, 1.54) is 21.5 Å². The standard InChI is InChI=1S/C44H28N4/c1-28-26-42(46-36-20-8-2-14-29(36)30-15-3-9-21-37(30)46)35(27-45)44(48-40-24-12-6-18-33(40)34-19-7-13-25-41(34)48)43(28)47-38-22-10-4-16-31(38)32-17-5-11-23-39(32)47/h2-26H,1H3. The molecule has 10 rings (SSSR count). The van der Waals surface area contributed by atoms with Gasteiger partial charge in [-0.15, -0.1) is 0 Å². The number of hydrogen-bond donors (Lipinski definition) is 0. The predicted octanol–water partition coefficient (Wildman–Crippen LogP) is 11.2. The quantitative estimate of drug-likeness (QED) is 0.196. The lowest BCUT2D eigenvalue weighted by molar-refractivity contribution is 1.05. The Labute approximate surface area is 276 Å². The van der Waals surface area contributed by atoms with Crippen molar-refractivity contribution in [2.24, 2.45) is 0 Å². The lowest BCUT2D eigenvalue weighted by Crippen LogP contribution is -2.11. The van der Waals surface area contributed by atoms with Crippen LogP contribution in [-0.2, 0) is 0 Å². The summed E-state index contributed by atoms with van der Waals surface area (Å²) in [6.45, 7) is 2.19. The zero-order chi connectivity index (χ0) is 31.9. The number of hydrogen-bond acceptors (Lipinski definition) is 1. The van der Waals surface area contributed by atoms with Gasteiger partial charge in [-0.05, 0) is 55.0 Å². The molecule has 4 nitrogen and oxygen atoms in total. The van der Waals surface area contributed by atoms with Crippen LogP contribution in [0.4, 0.5) is 0 Å². The molecular formula is C44H28N4. The predicted molar refractivity (Wildman–Crippen MR) is 199 cm³/mol. The number of para-hydroxylation sites is 6. The van der Waals surface area contributed by atoms with Gasteiger partial charge in [-0.2, -0.15) is 5.26 Å². The van der Waals surface area contributed by atoms with E-state index in [4.69, 9.17) is 0 Å². The molecule has 0 atom stereocenters. The van der Waals surface area contributed by atoms with Crippen LogP contribution < -0.4 is 0 Å². The molecule has 0 saturated carbocycles. The average Bonchev–Trinajstić information content (AvgIpc) is 3.77. The number of benzene rings is 7. The van der Waals surface area contributed by atoms with E-state index in [9.17, 15) is 5.26 Å². The van der Waals surface area contributed by atoms with E-state index in [-0.39, 0.29) is 0 Å². The maximum absolute atomic E-state index is 11.4. The molecule has 10 aromatic rings. The van der Waals surface area contributed by atoms with Gasteiger partial charge in [0.15, 0.2) is 0 Å². The summed E-state index contributed by atoms with van der Waals surface area (Å²) in [5.41, 5.74) is 10.9. The molecule has 0 aliphatic rings. The van der Waals surface area contributed by atoms with Crippen molar-refractivity contribution in [1.82, 2.24) is 13.7 Å². The average molecular weight is 613 g/mol. The second kappa shape index (κ2) is 9.96. The van der Waals surface area contributed by atoms with E-state index in [1.807, 2.05) is 0 Å². The van der Waals surface area contributed by atoms with Crippen LogP contribution in [0.15, 0.2) is 152 Å². The highest BCUT2D eigenvalue weighted by Crippen LogP contribution is 2.43. The maximum atomic E-state index is 11.4. The van der Waals surface area contributed by atoms with Crippen molar-refractivity contribution in [2.75, 3.05) is 0 Å². The largest absolute Gasteiger partial charge is 0.308 e. The Morgan fingerprint density at radius 1 is 0.396 bits per heavy atom. The zero-order valence-electron chi connectivity index (χ0n) is 26.2. The molecule has 0 bridgehead atoms. The van der Waals surface area contributed by atoms with Crippen LogP contribution in [0.1, 0.15) is 11.1 Å².